The lowest BCUT2D eigenvalue weighted by Crippen LogP contribution is -2.29. The zero-order valence-corrected chi connectivity index (χ0v) is 13.7. The molecule has 0 aliphatic heterocycles. The fourth-order valence-electron chi connectivity index (χ4n) is 1.75. The average molecular weight is 301 g/mol. The van der Waals surface area contributed by atoms with Crippen LogP contribution in [0.2, 0.25) is 5.02 Å². The molecule has 0 atom stereocenters. The van der Waals surface area contributed by atoms with Crippen molar-refractivity contribution in [2.24, 2.45) is 0 Å². The van der Waals surface area contributed by atoms with Gasteiger partial charge in [0.05, 0.1) is 17.9 Å². The molecular formula is C14H25ClN4O. The molecule has 0 fully saturated rings. The molecule has 20 heavy (non-hydrogen) atoms. The minimum atomic E-state index is -0.244. The first-order valence-electron chi connectivity index (χ1n) is 7.06. The van der Waals surface area contributed by atoms with E-state index in [4.69, 9.17) is 11.6 Å². The molecule has 0 saturated heterocycles. The Labute approximate surface area is 125 Å². The number of halogens is 1. The van der Waals surface area contributed by atoms with Crippen molar-refractivity contribution in [3.05, 3.63) is 21.6 Å². The normalized spacial score (nSPS) is 11.7. The second-order valence-corrected chi connectivity index (χ2v) is 5.95. The van der Waals surface area contributed by atoms with Crippen molar-refractivity contribution in [2.75, 3.05) is 25.5 Å². The van der Waals surface area contributed by atoms with E-state index in [1.807, 2.05) is 13.8 Å². The van der Waals surface area contributed by atoms with Crippen LogP contribution >= 0.6 is 11.6 Å². The third-order valence-corrected chi connectivity index (χ3v) is 3.68. The molecule has 0 bridgehead atoms. The lowest BCUT2D eigenvalue weighted by atomic mass is 10.3. The average Bonchev–Trinajstić information content (AvgIpc) is 2.38. The first-order valence-corrected chi connectivity index (χ1v) is 7.43. The van der Waals surface area contributed by atoms with E-state index in [-0.39, 0.29) is 16.6 Å². The molecule has 1 aromatic heterocycles. The molecule has 0 unspecified atom stereocenters. The van der Waals surface area contributed by atoms with E-state index in [0.717, 1.165) is 19.5 Å². The Hall–Kier alpha value is -1.07. The van der Waals surface area contributed by atoms with Gasteiger partial charge in [0.2, 0.25) is 0 Å². The maximum Gasteiger partial charge on any atom is 0.287 e. The summed E-state index contributed by atoms with van der Waals surface area (Å²) in [6, 6.07) is 0.545. The molecule has 0 spiro atoms. The molecule has 0 radical (unpaired) electrons. The molecule has 0 aliphatic carbocycles. The van der Waals surface area contributed by atoms with Gasteiger partial charge in [0.15, 0.2) is 0 Å². The van der Waals surface area contributed by atoms with Crippen molar-refractivity contribution < 1.29 is 0 Å². The number of anilines is 1. The van der Waals surface area contributed by atoms with Gasteiger partial charge < -0.3 is 10.2 Å². The quantitative estimate of drug-likeness (QED) is 0.787. The van der Waals surface area contributed by atoms with Gasteiger partial charge in [0, 0.05) is 12.6 Å². The Kier molecular flexibility index (Phi) is 6.49. The Balaban J connectivity index is 2.58. The maximum absolute atomic E-state index is 12.0. The van der Waals surface area contributed by atoms with Crippen LogP contribution in [-0.2, 0) is 0 Å². The maximum atomic E-state index is 12.0. The van der Waals surface area contributed by atoms with Crippen LogP contribution in [0.4, 0.5) is 5.69 Å². The van der Waals surface area contributed by atoms with Crippen molar-refractivity contribution in [3.63, 3.8) is 0 Å². The van der Waals surface area contributed by atoms with Gasteiger partial charge in [0.25, 0.3) is 5.56 Å². The van der Waals surface area contributed by atoms with E-state index in [1.165, 1.54) is 4.68 Å². The summed E-state index contributed by atoms with van der Waals surface area (Å²) < 4.78 is 1.39. The summed E-state index contributed by atoms with van der Waals surface area (Å²) in [6.45, 7) is 9.90. The molecule has 1 rings (SSSR count). The van der Waals surface area contributed by atoms with Gasteiger partial charge in [-0.25, -0.2) is 4.68 Å². The summed E-state index contributed by atoms with van der Waals surface area (Å²) in [5.74, 6) is 0. The predicted octanol–water partition coefficient (Wildman–Crippen LogP) is 2.62. The summed E-state index contributed by atoms with van der Waals surface area (Å²) >= 11 is 6.09. The monoisotopic (exact) mass is 300 g/mol. The number of hydrogen-bond donors (Lipinski definition) is 1. The van der Waals surface area contributed by atoms with Crippen LogP contribution in [0.3, 0.4) is 0 Å². The van der Waals surface area contributed by atoms with E-state index < -0.39 is 0 Å². The van der Waals surface area contributed by atoms with E-state index in [0.29, 0.717) is 11.7 Å². The van der Waals surface area contributed by atoms with E-state index in [1.54, 1.807) is 6.20 Å². The Morgan fingerprint density at radius 3 is 2.60 bits per heavy atom. The molecule has 0 amide bonds. The van der Waals surface area contributed by atoms with Gasteiger partial charge in [-0.3, -0.25) is 4.79 Å². The van der Waals surface area contributed by atoms with E-state index in [2.05, 4.69) is 36.2 Å². The zero-order chi connectivity index (χ0) is 15.3. The Morgan fingerprint density at radius 1 is 1.40 bits per heavy atom. The third kappa shape index (κ3) is 4.49. The van der Waals surface area contributed by atoms with Gasteiger partial charge in [-0.05, 0) is 47.7 Å². The summed E-state index contributed by atoms with van der Waals surface area (Å²) in [5, 5.41) is 7.52. The van der Waals surface area contributed by atoms with Crippen molar-refractivity contribution in [3.8, 4) is 0 Å². The van der Waals surface area contributed by atoms with Crippen molar-refractivity contribution in [1.82, 2.24) is 14.7 Å². The van der Waals surface area contributed by atoms with Crippen molar-refractivity contribution >= 4 is 17.3 Å². The lowest BCUT2D eigenvalue weighted by Gasteiger charge is -2.21. The van der Waals surface area contributed by atoms with Crippen molar-refractivity contribution in [2.45, 2.75) is 46.2 Å². The molecule has 0 aliphatic rings. The highest BCUT2D eigenvalue weighted by molar-refractivity contribution is 6.32. The number of aromatic nitrogens is 2. The van der Waals surface area contributed by atoms with Crippen LogP contribution in [0, 0.1) is 0 Å². The molecular weight excluding hydrogens is 276 g/mol. The lowest BCUT2D eigenvalue weighted by molar-refractivity contribution is 0.273. The largest absolute Gasteiger partial charge is 0.382 e. The first kappa shape index (κ1) is 17.0. The highest BCUT2D eigenvalue weighted by Gasteiger charge is 2.11. The number of rotatable bonds is 7. The highest BCUT2D eigenvalue weighted by atomic mass is 35.5. The number of nitrogens with one attached hydrogen (secondary N) is 1. The van der Waals surface area contributed by atoms with Crippen molar-refractivity contribution in [1.29, 1.82) is 0 Å². The second-order valence-electron chi connectivity index (χ2n) is 5.57. The number of hydrogen-bond acceptors (Lipinski definition) is 4. The predicted molar refractivity (Wildman–Crippen MR) is 84.8 cm³/mol. The molecule has 6 heteroatoms. The van der Waals surface area contributed by atoms with E-state index >= 15 is 0 Å². The SMILES string of the molecule is CC(C)N(C)CCCNc1cnn(C(C)C)c(=O)c1Cl. The first-order chi connectivity index (χ1) is 9.34. The summed E-state index contributed by atoms with van der Waals surface area (Å²) in [6.07, 6.45) is 2.61. The minimum Gasteiger partial charge on any atom is -0.382 e. The molecule has 1 N–H and O–H groups in total. The van der Waals surface area contributed by atoms with Crippen LogP contribution in [0.1, 0.15) is 40.2 Å². The molecule has 0 aromatic carbocycles. The minimum absolute atomic E-state index is 0.00809. The summed E-state index contributed by atoms with van der Waals surface area (Å²) in [4.78, 5) is 14.3. The zero-order valence-electron chi connectivity index (χ0n) is 13.0. The third-order valence-electron chi connectivity index (χ3n) is 3.32. The van der Waals surface area contributed by atoms with Gasteiger partial charge in [-0.1, -0.05) is 11.6 Å². The van der Waals surface area contributed by atoms with Gasteiger partial charge >= 0.3 is 0 Å². The van der Waals surface area contributed by atoms with Crippen LogP contribution in [0.5, 0.6) is 0 Å². The second kappa shape index (κ2) is 7.64. The molecule has 0 saturated carbocycles. The molecule has 1 aromatic rings. The van der Waals surface area contributed by atoms with Gasteiger partial charge in [-0.2, -0.15) is 5.10 Å². The molecule has 114 valence electrons. The summed E-state index contributed by atoms with van der Waals surface area (Å²) in [7, 11) is 2.10. The van der Waals surface area contributed by atoms with Crippen LogP contribution < -0.4 is 10.9 Å². The Morgan fingerprint density at radius 2 is 2.05 bits per heavy atom. The summed E-state index contributed by atoms with van der Waals surface area (Å²) in [5.41, 5.74) is 0.367. The van der Waals surface area contributed by atoms with Crippen LogP contribution in [-0.4, -0.2) is 40.9 Å². The van der Waals surface area contributed by atoms with E-state index in [9.17, 15) is 4.79 Å². The fraction of sp³-hybridized carbons (Fsp3) is 0.714. The van der Waals surface area contributed by atoms with Gasteiger partial charge in [0.1, 0.15) is 5.02 Å². The van der Waals surface area contributed by atoms with Gasteiger partial charge in [-0.15, -0.1) is 0 Å². The smallest absolute Gasteiger partial charge is 0.287 e. The number of nitrogens with zero attached hydrogens (tertiary/aromatic N) is 3. The highest BCUT2D eigenvalue weighted by Crippen LogP contribution is 2.16. The molecule has 1 heterocycles. The topological polar surface area (TPSA) is 50.2 Å². The Bertz CT molecular complexity index is 485. The fourth-order valence-corrected chi connectivity index (χ4v) is 1.95. The van der Waals surface area contributed by atoms with Crippen LogP contribution in [0.25, 0.3) is 0 Å². The molecule has 5 nitrogen and oxygen atoms in total. The van der Waals surface area contributed by atoms with Crippen LogP contribution in [0.15, 0.2) is 11.0 Å². The standard InChI is InChI=1S/C14H25ClN4O/c1-10(2)18(5)8-6-7-16-12-9-17-19(11(3)4)14(20)13(12)15/h9-11,16H,6-8H2,1-5H3.